The van der Waals surface area contributed by atoms with Gasteiger partial charge in [-0.1, -0.05) is 11.6 Å². The Labute approximate surface area is 110 Å². The third kappa shape index (κ3) is 2.83. The fourth-order valence-corrected chi connectivity index (χ4v) is 2.01. The Morgan fingerprint density at radius 1 is 1.28 bits per heavy atom. The largest absolute Gasteiger partial charge is 0.475 e. The average Bonchev–Trinajstić information content (AvgIpc) is 2.25. The van der Waals surface area contributed by atoms with Crippen molar-refractivity contribution >= 4 is 32.9 Å². The third-order valence-corrected chi connectivity index (χ3v) is 3.44. The quantitative estimate of drug-likeness (QED) is 0.797. The van der Waals surface area contributed by atoms with Crippen molar-refractivity contribution in [1.82, 2.24) is 0 Å². The Balaban J connectivity index is 3.42. The van der Waals surface area contributed by atoms with E-state index < -0.39 is 21.3 Å². The predicted octanol–water partition coefficient (Wildman–Crippen LogP) is 1.74. The SMILES string of the molecule is Cc1cc(Cl)c(C)c(C)c1OC(C(=O)O)=S(=O)=O. The number of carbonyl (C=O) groups is 1. The van der Waals surface area contributed by atoms with Crippen LogP contribution in [0.5, 0.6) is 5.75 Å². The van der Waals surface area contributed by atoms with Crippen LogP contribution in [0.4, 0.5) is 0 Å². The summed E-state index contributed by atoms with van der Waals surface area (Å²) in [6.45, 7) is 5.07. The number of rotatable bonds is 1. The highest BCUT2D eigenvalue weighted by molar-refractivity contribution is 7.74. The summed E-state index contributed by atoms with van der Waals surface area (Å²) in [4.78, 5) is 10.7. The molecule has 0 aromatic heterocycles. The summed E-state index contributed by atoms with van der Waals surface area (Å²) in [5.41, 5.74) is 1.87. The van der Waals surface area contributed by atoms with Crippen LogP contribution < -0.4 is 4.74 Å². The van der Waals surface area contributed by atoms with E-state index in [1.807, 2.05) is 0 Å². The van der Waals surface area contributed by atoms with E-state index >= 15 is 0 Å². The van der Waals surface area contributed by atoms with Gasteiger partial charge in [-0.05, 0) is 43.5 Å². The first kappa shape index (κ1) is 14.5. The number of benzene rings is 1. The molecular formula is C11H11ClO5S. The first-order valence-corrected chi connectivity index (χ1v) is 6.34. The number of aryl methyl sites for hydroxylation is 1. The number of hydrogen-bond donors (Lipinski definition) is 1. The van der Waals surface area contributed by atoms with Gasteiger partial charge >= 0.3 is 11.0 Å². The molecule has 0 aliphatic carbocycles. The topological polar surface area (TPSA) is 80.7 Å². The van der Waals surface area contributed by atoms with Gasteiger partial charge in [0, 0.05) is 5.02 Å². The molecule has 0 atom stereocenters. The molecule has 0 unspecified atom stereocenters. The van der Waals surface area contributed by atoms with Crippen molar-refractivity contribution in [2.45, 2.75) is 20.8 Å². The zero-order valence-corrected chi connectivity index (χ0v) is 11.5. The number of aliphatic carboxylic acids is 1. The van der Waals surface area contributed by atoms with Crippen LogP contribution in [0.25, 0.3) is 0 Å². The van der Waals surface area contributed by atoms with E-state index in [4.69, 9.17) is 21.4 Å². The van der Waals surface area contributed by atoms with Gasteiger partial charge in [0.1, 0.15) is 5.75 Å². The van der Waals surface area contributed by atoms with Crippen LogP contribution >= 0.6 is 11.6 Å². The van der Waals surface area contributed by atoms with Gasteiger partial charge < -0.3 is 9.84 Å². The molecule has 18 heavy (non-hydrogen) atoms. The second-order valence-electron chi connectivity index (χ2n) is 3.68. The van der Waals surface area contributed by atoms with Crippen molar-refractivity contribution in [1.29, 1.82) is 0 Å². The average molecular weight is 291 g/mol. The number of ether oxygens (including phenoxy) is 1. The molecule has 1 rings (SSSR count). The second kappa shape index (κ2) is 5.41. The van der Waals surface area contributed by atoms with Crippen LogP contribution in [0, 0.1) is 20.8 Å². The van der Waals surface area contributed by atoms with Gasteiger partial charge in [-0.2, -0.15) is 8.42 Å². The molecule has 0 heterocycles. The lowest BCUT2D eigenvalue weighted by Gasteiger charge is -2.13. The molecule has 7 heteroatoms. The Morgan fingerprint density at radius 3 is 2.28 bits per heavy atom. The third-order valence-electron chi connectivity index (χ3n) is 2.48. The van der Waals surface area contributed by atoms with E-state index in [-0.39, 0.29) is 5.75 Å². The summed E-state index contributed by atoms with van der Waals surface area (Å²) in [5, 5.41) is 8.20. The van der Waals surface area contributed by atoms with Crippen LogP contribution in [-0.4, -0.2) is 24.5 Å². The Kier molecular flexibility index (Phi) is 4.37. The standard InChI is InChI=1S/C11H11ClO5S/c1-5-4-8(12)6(2)7(3)9(5)17-11(10(13)14)18(15)16/h4H,1-3H3,(H,13,14). The van der Waals surface area contributed by atoms with E-state index in [0.29, 0.717) is 21.7 Å². The van der Waals surface area contributed by atoms with Gasteiger partial charge in [0.05, 0.1) is 0 Å². The van der Waals surface area contributed by atoms with E-state index in [1.165, 1.54) is 0 Å². The molecule has 5 nitrogen and oxygen atoms in total. The van der Waals surface area contributed by atoms with Gasteiger partial charge in [0.15, 0.2) is 0 Å². The lowest BCUT2D eigenvalue weighted by Crippen LogP contribution is -2.22. The molecule has 0 aliphatic heterocycles. The lowest BCUT2D eigenvalue weighted by atomic mass is 10.1. The van der Waals surface area contributed by atoms with Gasteiger partial charge in [0.2, 0.25) is 0 Å². The van der Waals surface area contributed by atoms with Crippen molar-refractivity contribution in [3.05, 3.63) is 27.8 Å². The maximum Gasteiger partial charge on any atom is 0.388 e. The summed E-state index contributed by atoms with van der Waals surface area (Å²) >= 11 is 5.95. The Hall–Kier alpha value is -1.53. The first-order chi connectivity index (χ1) is 8.25. The molecule has 0 fully saturated rings. The minimum Gasteiger partial charge on any atom is -0.475 e. The maximum absolute atomic E-state index is 10.8. The van der Waals surface area contributed by atoms with Gasteiger partial charge in [0.25, 0.3) is 10.3 Å². The number of carboxylic acids is 1. The van der Waals surface area contributed by atoms with Crippen molar-refractivity contribution in [2.75, 3.05) is 0 Å². The van der Waals surface area contributed by atoms with E-state index in [0.717, 1.165) is 0 Å². The highest BCUT2D eigenvalue weighted by Gasteiger charge is 2.19. The van der Waals surface area contributed by atoms with Crippen molar-refractivity contribution in [2.24, 2.45) is 0 Å². The zero-order chi connectivity index (χ0) is 14.0. The fraction of sp³-hybridized carbons (Fsp3) is 0.273. The monoisotopic (exact) mass is 290 g/mol. The molecule has 0 amide bonds. The van der Waals surface area contributed by atoms with Crippen LogP contribution in [0.1, 0.15) is 16.7 Å². The maximum atomic E-state index is 10.8. The normalized spacial score (nSPS) is 10.0. The van der Waals surface area contributed by atoms with Crippen LogP contribution in [0.2, 0.25) is 5.02 Å². The first-order valence-electron chi connectivity index (χ1n) is 4.89. The minimum absolute atomic E-state index is 0.193. The van der Waals surface area contributed by atoms with Crippen molar-refractivity contribution in [3.8, 4) is 5.75 Å². The molecule has 0 aliphatic rings. The molecule has 1 aromatic rings. The molecule has 0 radical (unpaired) electrons. The molecule has 1 N–H and O–H groups in total. The van der Waals surface area contributed by atoms with Crippen LogP contribution in [0.15, 0.2) is 6.07 Å². The van der Waals surface area contributed by atoms with Crippen molar-refractivity contribution < 1.29 is 23.1 Å². The minimum atomic E-state index is -2.95. The number of carboxylic acid groups (broad SMARTS) is 1. The Morgan fingerprint density at radius 2 is 1.83 bits per heavy atom. The summed E-state index contributed by atoms with van der Waals surface area (Å²) in [6, 6.07) is 1.59. The van der Waals surface area contributed by atoms with E-state index in [1.54, 1.807) is 26.8 Å². The fourth-order valence-electron chi connectivity index (χ4n) is 1.41. The molecule has 98 valence electrons. The molecule has 0 saturated heterocycles. The van der Waals surface area contributed by atoms with Crippen LogP contribution in [0.3, 0.4) is 0 Å². The predicted molar refractivity (Wildman–Crippen MR) is 67.9 cm³/mol. The molecule has 0 saturated carbocycles. The summed E-state index contributed by atoms with van der Waals surface area (Å²) < 4.78 is 26.5. The summed E-state index contributed by atoms with van der Waals surface area (Å²) in [7, 11) is -2.95. The summed E-state index contributed by atoms with van der Waals surface area (Å²) in [5.74, 6) is -1.45. The van der Waals surface area contributed by atoms with Gasteiger partial charge in [-0.15, -0.1) is 0 Å². The zero-order valence-electron chi connectivity index (χ0n) is 9.94. The number of hydrogen-bond acceptors (Lipinski definition) is 4. The smallest absolute Gasteiger partial charge is 0.388 e. The lowest BCUT2D eigenvalue weighted by molar-refractivity contribution is -0.130. The van der Waals surface area contributed by atoms with E-state index in [9.17, 15) is 13.2 Å². The highest BCUT2D eigenvalue weighted by atomic mass is 35.5. The summed E-state index contributed by atoms with van der Waals surface area (Å²) in [6.07, 6.45) is 0. The highest BCUT2D eigenvalue weighted by Crippen LogP contribution is 2.31. The molecule has 0 bridgehead atoms. The molecule has 1 aromatic carbocycles. The van der Waals surface area contributed by atoms with Gasteiger partial charge in [-0.25, -0.2) is 4.79 Å². The Bertz CT molecular complexity index is 638. The second-order valence-corrected chi connectivity index (χ2v) is 4.93. The van der Waals surface area contributed by atoms with Gasteiger partial charge in [-0.3, -0.25) is 0 Å². The van der Waals surface area contributed by atoms with E-state index in [2.05, 4.69) is 0 Å². The number of halogens is 1. The molecular weight excluding hydrogens is 280 g/mol. The van der Waals surface area contributed by atoms with Crippen molar-refractivity contribution in [3.63, 3.8) is 0 Å². The van der Waals surface area contributed by atoms with Crippen LogP contribution in [-0.2, 0) is 15.1 Å². The molecule has 0 spiro atoms.